The molecule has 0 aromatic carbocycles. The Morgan fingerprint density at radius 3 is 1.00 bits per heavy atom. The monoisotopic (exact) mass is 216 g/mol. The van der Waals surface area contributed by atoms with Crippen molar-refractivity contribution in [1.82, 2.24) is 0 Å². The van der Waals surface area contributed by atoms with Crippen LogP contribution in [0.15, 0.2) is 0 Å². The van der Waals surface area contributed by atoms with Gasteiger partial charge in [0.05, 0.1) is 0 Å². The van der Waals surface area contributed by atoms with Crippen molar-refractivity contribution in [3.63, 3.8) is 0 Å². The van der Waals surface area contributed by atoms with E-state index in [1.807, 2.05) is 0 Å². The Bertz CT molecular complexity index is 34.7. The summed E-state index contributed by atoms with van der Waals surface area (Å²) in [5.41, 5.74) is 0. The van der Waals surface area contributed by atoms with Crippen molar-refractivity contribution in [1.29, 1.82) is 0 Å². The van der Waals surface area contributed by atoms with Gasteiger partial charge in [-0.15, -0.1) is 15.2 Å². The predicted octanol–water partition coefficient (Wildman–Crippen LogP) is -0.663. The van der Waals surface area contributed by atoms with Gasteiger partial charge < -0.3 is 9.79 Å². The van der Waals surface area contributed by atoms with Crippen LogP contribution in [-0.2, 0) is 40.1 Å². The minimum Gasteiger partial charge on any atom is -0.797 e. The second-order valence-electron chi connectivity index (χ2n) is 0.149. The molecule has 0 fully saturated rings. The van der Waals surface area contributed by atoms with E-state index >= 15 is 0 Å². The molecule has 0 saturated carbocycles. The molecule has 44 valence electrons. The van der Waals surface area contributed by atoms with Crippen molar-refractivity contribution in [2.24, 2.45) is 0 Å². The van der Waals surface area contributed by atoms with E-state index in [0.717, 1.165) is 0 Å². The van der Waals surface area contributed by atoms with Gasteiger partial charge >= 0.3 is 16.5 Å². The van der Waals surface area contributed by atoms with E-state index in [-0.39, 0.29) is 31.7 Å². The fourth-order valence-electron chi connectivity index (χ4n) is 0. The average molecular weight is 217 g/mol. The van der Waals surface area contributed by atoms with Crippen LogP contribution in [0.1, 0.15) is 0 Å². The third-order valence-corrected chi connectivity index (χ3v) is 0. The first kappa shape index (κ1) is 15.8. The Hall–Kier alpha value is 1.45. The maximum Gasteiger partial charge on any atom is 2.00 e. The van der Waals surface area contributed by atoms with Crippen LogP contribution in [0.3, 0.4) is 0 Å². The molecule has 7 heteroatoms. The van der Waals surface area contributed by atoms with Gasteiger partial charge in [0.1, 0.15) is 0 Å². The molecule has 0 aromatic heterocycles. The standard InChI is InChI=1S/Ni.2HOPS/c;2*1-2-3/h;2*(H,1,3)/q+2;;/p-2. The summed E-state index contributed by atoms with van der Waals surface area (Å²) in [6.07, 6.45) is 0. The summed E-state index contributed by atoms with van der Waals surface area (Å²) >= 11 is 7.62. The Morgan fingerprint density at radius 1 is 1.00 bits per heavy atom. The zero-order valence-corrected chi connectivity index (χ0v) is 7.25. The molecule has 0 aliphatic rings. The van der Waals surface area contributed by atoms with E-state index in [1.54, 1.807) is 0 Å². The van der Waals surface area contributed by atoms with Crippen molar-refractivity contribution in [3.8, 4) is 0 Å². The van der Waals surface area contributed by atoms with Gasteiger partial charge in [-0.2, -0.15) is 0 Å². The molecular formula is NiO2P2S2. The molecule has 0 N–H and O–H groups in total. The third kappa shape index (κ3) is 105. The predicted molar refractivity (Wildman–Crippen MR) is 28.6 cm³/mol. The Kier molecular flexibility index (Phi) is 58.7. The van der Waals surface area contributed by atoms with E-state index in [2.05, 4.69) is 23.6 Å². The molecule has 0 heterocycles. The van der Waals surface area contributed by atoms with Crippen LogP contribution in [0.25, 0.3) is 0 Å². The summed E-state index contributed by atoms with van der Waals surface area (Å²) in [5.74, 6) is 0. The summed E-state index contributed by atoms with van der Waals surface area (Å²) in [6.45, 7) is 0. The normalized spacial score (nSPS) is 6.00. The fraction of sp³-hybridized carbons (Fsp3) is 0. The van der Waals surface area contributed by atoms with Crippen LogP contribution >= 0.6 is 15.2 Å². The summed E-state index contributed by atoms with van der Waals surface area (Å²) in [5, 5.41) is 0. The van der Waals surface area contributed by atoms with Crippen LogP contribution < -0.4 is 9.79 Å². The molecule has 0 rings (SSSR count). The van der Waals surface area contributed by atoms with Gasteiger partial charge in [0.15, 0.2) is 0 Å². The van der Waals surface area contributed by atoms with Crippen molar-refractivity contribution >= 4 is 38.8 Å². The summed E-state index contributed by atoms with van der Waals surface area (Å²) < 4.78 is 0. The smallest absolute Gasteiger partial charge is 0.797 e. The molecule has 0 saturated heterocycles. The molecule has 0 amide bonds. The van der Waals surface area contributed by atoms with E-state index in [1.165, 1.54) is 0 Å². The van der Waals surface area contributed by atoms with E-state index in [9.17, 15) is 0 Å². The van der Waals surface area contributed by atoms with Gasteiger partial charge in [-0.3, -0.25) is 0 Å². The molecular weight excluding hydrogens is 217 g/mol. The molecule has 0 unspecified atom stereocenters. The summed E-state index contributed by atoms with van der Waals surface area (Å²) in [6, 6.07) is 0. The molecule has 0 spiro atoms. The fourth-order valence-corrected chi connectivity index (χ4v) is 0. The Labute approximate surface area is 65.1 Å². The van der Waals surface area contributed by atoms with E-state index < -0.39 is 0 Å². The van der Waals surface area contributed by atoms with Crippen molar-refractivity contribution in [3.05, 3.63) is 0 Å². The molecule has 0 aliphatic heterocycles. The zero-order valence-electron chi connectivity index (χ0n) is 2.84. The molecule has 0 aliphatic carbocycles. The van der Waals surface area contributed by atoms with E-state index in [0.29, 0.717) is 0 Å². The topological polar surface area (TPSA) is 46.1 Å². The molecule has 0 atom stereocenters. The number of hydrogen-bond acceptors (Lipinski definition) is 4. The largest absolute Gasteiger partial charge is 2.00 e. The SMILES string of the molecule is [Ni+2].[O-]P=S.[O-]P=S. The second-order valence-corrected chi connectivity index (χ2v) is 1.34. The van der Waals surface area contributed by atoms with Crippen LogP contribution in [0.5, 0.6) is 0 Å². The molecule has 7 heavy (non-hydrogen) atoms. The van der Waals surface area contributed by atoms with Crippen LogP contribution in [0.2, 0.25) is 0 Å². The minimum absolute atomic E-state index is 0. The third-order valence-electron chi connectivity index (χ3n) is 0. The Balaban J connectivity index is -0.0000000400. The quantitative estimate of drug-likeness (QED) is 0.399. The van der Waals surface area contributed by atoms with Gasteiger partial charge in [0.25, 0.3) is 0 Å². The van der Waals surface area contributed by atoms with Gasteiger partial charge in [0, 0.05) is 0 Å². The van der Waals surface area contributed by atoms with Gasteiger partial charge in [0.2, 0.25) is 0 Å². The molecule has 0 bridgehead atoms. The molecule has 0 aromatic rings. The van der Waals surface area contributed by atoms with Gasteiger partial charge in [-0.1, -0.05) is 23.6 Å². The van der Waals surface area contributed by atoms with Gasteiger partial charge in [-0.05, 0) is 0 Å². The first-order chi connectivity index (χ1) is 2.83. The maximum atomic E-state index is 8.72. The van der Waals surface area contributed by atoms with Crippen molar-refractivity contribution in [2.75, 3.05) is 0 Å². The summed E-state index contributed by atoms with van der Waals surface area (Å²) in [4.78, 5) is 17.4. The number of hydrogen-bond donors (Lipinski definition) is 0. The average Bonchev–Trinajstić information content (AvgIpc) is 1.39. The molecule has 2 nitrogen and oxygen atoms in total. The van der Waals surface area contributed by atoms with E-state index in [4.69, 9.17) is 9.79 Å². The first-order valence-electron chi connectivity index (χ1n) is 0.730. The van der Waals surface area contributed by atoms with Crippen LogP contribution in [-0.4, -0.2) is 0 Å². The summed E-state index contributed by atoms with van der Waals surface area (Å²) in [7, 11) is -0.500. The number of rotatable bonds is 0. The van der Waals surface area contributed by atoms with Crippen LogP contribution in [0, 0.1) is 0 Å². The van der Waals surface area contributed by atoms with Crippen LogP contribution in [0.4, 0.5) is 0 Å². The minimum atomic E-state index is -0.250. The maximum absolute atomic E-state index is 8.72. The van der Waals surface area contributed by atoms with Gasteiger partial charge in [-0.25, -0.2) is 0 Å². The van der Waals surface area contributed by atoms with Crippen molar-refractivity contribution in [2.45, 2.75) is 0 Å². The first-order valence-corrected chi connectivity index (χ1v) is 4.38. The Morgan fingerprint density at radius 2 is 1.00 bits per heavy atom. The second kappa shape index (κ2) is 26.0. The zero-order chi connectivity index (χ0) is 5.41. The molecule has 0 radical (unpaired) electrons. The van der Waals surface area contributed by atoms with Crippen molar-refractivity contribution < 1.29 is 26.3 Å².